The molecule has 136 valence electrons. The molecule has 2 amide bonds. The maximum atomic E-state index is 12.4. The first-order valence-electron chi connectivity index (χ1n) is 8.69. The highest BCUT2D eigenvalue weighted by molar-refractivity contribution is 6.30. The van der Waals surface area contributed by atoms with E-state index in [4.69, 9.17) is 16.3 Å². The topological polar surface area (TPSA) is 61.9 Å². The normalized spacial score (nSPS) is 21.6. The van der Waals surface area contributed by atoms with Gasteiger partial charge in [-0.15, -0.1) is 0 Å². The highest BCUT2D eigenvalue weighted by atomic mass is 35.5. The fourth-order valence-electron chi connectivity index (χ4n) is 3.34. The second-order valence-electron chi connectivity index (χ2n) is 6.58. The Balaban J connectivity index is 1.51. The van der Waals surface area contributed by atoms with E-state index in [1.54, 1.807) is 11.0 Å². The van der Waals surface area contributed by atoms with Crippen molar-refractivity contribution < 1.29 is 14.3 Å². The predicted octanol–water partition coefficient (Wildman–Crippen LogP) is 1.45. The van der Waals surface area contributed by atoms with Crippen LogP contribution >= 0.6 is 11.6 Å². The van der Waals surface area contributed by atoms with Crippen molar-refractivity contribution in [3.8, 4) is 0 Å². The Bertz CT molecular complexity index is 646. The summed E-state index contributed by atoms with van der Waals surface area (Å²) in [6, 6.07) is 5.45. The quantitative estimate of drug-likeness (QED) is 0.858. The third-order valence-electron chi connectivity index (χ3n) is 4.78. The van der Waals surface area contributed by atoms with E-state index in [1.165, 1.54) is 0 Å². The van der Waals surface area contributed by atoms with Gasteiger partial charge in [-0.25, -0.2) is 0 Å². The summed E-state index contributed by atoms with van der Waals surface area (Å²) >= 11 is 5.98. The van der Waals surface area contributed by atoms with Crippen molar-refractivity contribution in [2.24, 2.45) is 5.92 Å². The van der Waals surface area contributed by atoms with Crippen molar-refractivity contribution in [1.82, 2.24) is 10.2 Å². The van der Waals surface area contributed by atoms with Crippen molar-refractivity contribution in [3.05, 3.63) is 28.8 Å². The molecule has 0 bridgehead atoms. The van der Waals surface area contributed by atoms with Gasteiger partial charge in [0.2, 0.25) is 11.8 Å². The van der Waals surface area contributed by atoms with E-state index in [0.717, 1.165) is 44.1 Å². The van der Waals surface area contributed by atoms with Gasteiger partial charge in [0.1, 0.15) is 0 Å². The van der Waals surface area contributed by atoms with Crippen LogP contribution in [0.3, 0.4) is 0 Å². The minimum Gasteiger partial charge on any atom is -0.379 e. The Hall–Kier alpha value is -1.63. The van der Waals surface area contributed by atoms with Gasteiger partial charge in [0.15, 0.2) is 0 Å². The number of amides is 2. The van der Waals surface area contributed by atoms with Crippen molar-refractivity contribution in [2.45, 2.75) is 13.3 Å². The first kappa shape index (κ1) is 18.2. The highest BCUT2D eigenvalue weighted by Gasteiger charge is 2.35. The standard InChI is InChI=1S/C18H24ClN3O3/c1-13-10-15(19)2-3-16(13)22-12-14(11-17(22)23)18(24)20-4-5-21-6-8-25-9-7-21/h2-3,10,14H,4-9,11-12H2,1H3,(H,20,24). The molecule has 2 saturated heterocycles. The van der Waals surface area contributed by atoms with Crippen LogP contribution in [0.5, 0.6) is 0 Å². The van der Waals surface area contributed by atoms with E-state index < -0.39 is 0 Å². The monoisotopic (exact) mass is 365 g/mol. The van der Waals surface area contributed by atoms with Gasteiger partial charge in [0.05, 0.1) is 19.1 Å². The summed E-state index contributed by atoms with van der Waals surface area (Å²) in [5.41, 5.74) is 1.77. The van der Waals surface area contributed by atoms with Crippen LogP contribution in [0.15, 0.2) is 18.2 Å². The van der Waals surface area contributed by atoms with E-state index in [1.807, 2.05) is 19.1 Å². The van der Waals surface area contributed by atoms with Crippen molar-refractivity contribution in [1.29, 1.82) is 0 Å². The zero-order chi connectivity index (χ0) is 17.8. The number of benzene rings is 1. The third-order valence-corrected chi connectivity index (χ3v) is 5.01. The molecule has 0 aromatic heterocycles. The Morgan fingerprint density at radius 2 is 2.12 bits per heavy atom. The molecular formula is C18H24ClN3O3. The summed E-state index contributed by atoms with van der Waals surface area (Å²) < 4.78 is 5.31. The number of morpholine rings is 1. The van der Waals surface area contributed by atoms with E-state index in [0.29, 0.717) is 18.1 Å². The number of hydrogen-bond acceptors (Lipinski definition) is 4. The fourth-order valence-corrected chi connectivity index (χ4v) is 3.57. The second kappa shape index (κ2) is 8.17. The second-order valence-corrected chi connectivity index (χ2v) is 7.02. The first-order chi connectivity index (χ1) is 12.0. The molecule has 1 aromatic carbocycles. The molecule has 1 N–H and O–H groups in total. The van der Waals surface area contributed by atoms with Gasteiger partial charge in [-0.1, -0.05) is 11.6 Å². The molecule has 2 aliphatic rings. The average Bonchev–Trinajstić information content (AvgIpc) is 2.97. The van der Waals surface area contributed by atoms with Crippen molar-refractivity contribution in [3.63, 3.8) is 0 Å². The van der Waals surface area contributed by atoms with E-state index >= 15 is 0 Å². The van der Waals surface area contributed by atoms with E-state index in [2.05, 4.69) is 10.2 Å². The van der Waals surface area contributed by atoms with Crippen molar-refractivity contribution >= 4 is 29.1 Å². The molecule has 0 aliphatic carbocycles. The van der Waals surface area contributed by atoms with Crippen LogP contribution in [-0.2, 0) is 14.3 Å². The minimum absolute atomic E-state index is 0.0150. The van der Waals surface area contributed by atoms with Gasteiger partial charge in [0.25, 0.3) is 0 Å². The number of halogens is 1. The molecule has 0 spiro atoms. The summed E-state index contributed by atoms with van der Waals surface area (Å²) in [5.74, 6) is -0.359. The molecule has 3 rings (SSSR count). The van der Waals surface area contributed by atoms with Crippen LogP contribution in [0.4, 0.5) is 5.69 Å². The van der Waals surface area contributed by atoms with Crippen LogP contribution in [0.25, 0.3) is 0 Å². The molecule has 7 heteroatoms. The Morgan fingerprint density at radius 3 is 2.84 bits per heavy atom. The number of ether oxygens (including phenoxy) is 1. The molecule has 25 heavy (non-hydrogen) atoms. The molecule has 6 nitrogen and oxygen atoms in total. The molecule has 1 unspecified atom stereocenters. The average molecular weight is 366 g/mol. The largest absolute Gasteiger partial charge is 0.379 e. The Morgan fingerprint density at radius 1 is 1.36 bits per heavy atom. The number of hydrogen-bond donors (Lipinski definition) is 1. The maximum absolute atomic E-state index is 12.4. The van der Waals surface area contributed by atoms with Crippen LogP contribution in [0.2, 0.25) is 5.02 Å². The van der Waals surface area contributed by atoms with Gasteiger partial charge in [-0.2, -0.15) is 0 Å². The SMILES string of the molecule is Cc1cc(Cl)ccc1N1CC(C(=O)NCCN2CCOCC2)CC1=O. The van der Waals surface area contributed by atoms with Crippen LogP contribution < -0.4 is 10.2 Å². The molecule has 2 heterocycles. The van der Waals surface area contributed by atoms with Crippen molar-refractivity contribution in [2.75, 3.05) is 50.8 Å². The van der Waals surface area contributed by atoms with Gasteiger partial charge in [-0.3, -0.25) is 14.5 Å². The lowest BCUT2D eigenvalue weighted by Crippen LogP contribution is -2.42. The number of aryl methyl sites for hydroxylation is 1. The molecule has 0 radical (unpaired) electrons. The number of rotatable bonds is 5. The van der Waals surface area contributed by atoms with Crippen LogP contribution in [0.1, 0.15) is 12.0 Å². The summed E-state index contributed by atoms with van der Waals surface area (Å²) in [6.07, 6.45) is 0.255. The Kier molecular flexibility index (Phi) is 5.93. The van der Waals surface area contributed by atoms with Gasteiger partial charge < -0.3 is 15.0 Å². The maximum Gasteiger partial charge on any atom is 0.227 e. The number of nitrogens with zero attached hydrogens (tertiary/aromatic N) is 2. The van der Waals surface area contributed by atoms with E-state index in [9.17, 15) is 9.59 Å². The Labute approximate surface area is 153 Å². The summed E-state index contributed by atoms with van der Waals surface area (Å²) in [5, 5.41) is 3.61. The zero-order valence-electron chi connectivity index (χ0n) is 14.5. The third kappa shape index (κ3) is 4.51. The van der Waals surface area contributed by atoms with Gasteiger partial charge in [-0.05, 0) is 30.7 Å². The number of nitrogens with one attached hydrogen (secondary N) is 1. The van der Waals surface area contributed by atoms with Crippen LogP contribution in [0, 0.1) is 12.8 Å². The smallest absolute Gasteiger partial charge is 0.227 e. The number of carbonyl (C=O) groups is 2. The van der Waals surface area contributed by atoms with Crippen LogP contribution in [-0.4, -0.2) is 62.7 Å². The zero-order valence-corrected chi connectivity index (χ0v) is 15.2. The summed E-state index contributed by atoms with van der Waals surface area (Å²) in [6.45, 7) is 7.07. The lowest BCUT2D eigenvalue weighted by atomic mass is 10.1. The molecule has 2 fully saturated rings. The number of carbonyl (C=O) groups excluding carboxylic acids is 2. The van der Waals surface area contributed by atoms with Gasteiger partial charge in [0, 0.05) is 49.9 Å². The molecule has 1 atom stereocenters. The first-order valence-corrected chi connectivity index (χ1v) is 9.06. The molecule has 2 aliphatic heterocycles. The minimum atomic E-state index is -0.299. The summed E-state index contributed by atoms with van der Waals surface area (Å²) in [7, 11) is 0. The van der Waals surface area contributed by atoms with E-state index in [-0.39, 0.29) is 24.2 Å². The molecule has 1 aromatic rings. The van der Waals surface area contributed by atoms with Gasteiger partial charge >= 0.3 is 0 Å². The lowest BCUT2D eigenvalue weighted by molar-refractivity contribution is -0.126. The predicted molar refractivity (Wildman–Crippen MR) is 96.9 cm³/mol. The molecular weight excluding hydrogens is 342 g/mol. The molecule has 0 saturated carbocycles. The number of anilines is 1. The summed E-state index contributed by atoms with van der Waals surface area (Å²) in [4.78, 5) is 28.7. The highest BCUT2D eigenvalue weighted by Crippen LogP contribution is 2.29. The lowest BCUT2D eigenvalue weighted by Gasteiger charge is -2.26. The fraction of sp³-hybridized carbons (Fsp3) is 0.556.